The van der Waals surface area contributed by atoms with E-state index in [0.29, 0.717) is 32.1 Å². The summed E-state index contributed by atoms with van der Waals surface area (Å²) in [6.45, 7) is 2.79. The Bertz CT molecular complexity index is 328. The average Bonchev–Trinajstić information content (AvgIpc) is 2.79. The molecular weight excluding hydrogens is 292 g/mol. The molecule has 2 rings (SSSR count). The van der Waals surface area contributed by atoms with Gasteiger partial charge in [0.15, 0.2) is 0 Å². The smallest absolute Gasteiger partial charge is 0.195 e. The largest absolute Gasteiger partial charge is 0.281 e. The zero-order valence-corrected chi connectivity index (χ0v) is 11.8. The van der Waals surface area contributed by atoms with Gasteiger partial charge in [0.25, 0.3) is 10.2 Å². The standard InChI is InChI=1S/C10H19BrN2O2S/c11-8-10-4-7-13(9-10)16(14,15)12-5-2-1-3-6-12/h10H,1-9H2. The molecule has 0 aromatic carbocycles. The zero-order chi connectivity index (χ0) is 11.6. The Morgan fingerprint density at radius 3 is 2.31 bits per heavy atom. The lowest BCUT2D eigenvalue weighted by atomic mass is 10.2. The van der Waals surface area contributed by atoms with E-state index in [1.165, 1.54) is 0 Å². The summed E-state index contributed by atoms with van der Waals surface area (Å²) >= 11 is 3.43. The topological polar surface area (TPSA) is 40.6 Å². The maximum atomic E-state index is 12.3. The van der Waals surface area contributed by atoms with Gasteiger partial charge < -0.3 is 0 Å². The van der Waals surface area contributed by atoms with E-state index < -0.39 is 10.2 Å². The Morgan fingerprint density at radius 2 is 1.75 bits per heavy atom. The van der Waals surface area contributed by atoms with Crippen molar-refractivity contribution in [3.63, 3.8) is 0 Å². The minimum absolute atomic E-state index is 0.486. The van der Waals surface area contributed by atoms with E-state index in [4.69, 9.17) is 0 Å². The maximum absolute atomic E-state index is 12.3. The van der Waals surface area contributed by atoms with Crippen LogP contribution in [0.15, 0.2) is 0 Å². The number of halogens is 1. The van der Waals surface area contributed by atoms with Crippen molar-refractivity contribution < 1.29 is 8.42 Å². The van der Waals surface area contributed by atoms with Crippen LogP contribution >= 0.6 is 15.9 Å². The third kappa shape index (κ3) is 2.60. The minimum Gasteiger partial charge on any atom is -0.195 e. The fraction of sp³-hybridized carbons (Fsp3) is 1.00. The third-order valence-corrected chi connectivity index (χ3v) is 6.35. The first-order valence-electron chi connectivity index (χ1n) is 5.96. The molecule has 0 bridgehead atoms. The van der Waals surface area contributed by atoms with Crippen molar-refractivity contribution in [2.75, 3.05) is 31.5 Å². The zero-order valence-electron chi connectivity index (χ0n) is 9.44. The van der Waals surface area contributed by atoms with Crippen molar-refractivity contribution in [3.05, 3.63) is 0 Å². The van der Waals surface area contributed by atoms with Crippen LogP contribution < -0.4 is 0 Å². The van der Waals surface area contributed by atoms with Gasteiger partial charge in [-0.1, -0.05) is 22.4 Å². The second kappa shape index (κ2) is 5.33. The second-order valence-electron chi connectivity index (χ2n) is 4.63. The van der Waals surface area contributed by atoms with Crippen molar-refractivity contribution in [2.24, 2.45) is 5.92 Å². The van der Waals surface area contributed by atoms with Crippen LogP contribution in [0.2, 0.25) is 0 Å². The molecule has 2 fully saturated rings. The van der Waals surface area contributed by atoms with Crippen LogP contribution in [-0.4, -0.2) is 48.5 Å². The minimum atomic E-state index is -3.16. The third-order valence-electron chi connectivity index (χ3n) is 3.43. The molecule has 2 heterocycles. The summed E-state index contributed by atoms with van der Waals surface area (Å²) in [6, 6.07) is 0. The molecule has 2 aliphatic rings. The normalized spacial score (nSPS) is 29.7. The van der Waals surface area contributed by atoms with Gasteiger partial charge in [-0.15, -0.1) is 0 Å². The predicted octanol–water partition coefficient (Wildman–Crippen LogP) is 1.43. The highest BCUT2D eigenvalue weighted by Gasteiger charge is 2.35. The van der Waals surface area contributed by atoms with Crippen molar-refractivity contribution in [3.8, 4) is 0 Å². The Labute approximate surface area is 106 Å². The average molecular weight is 311 g/mol. The van der Waals surface area contributed by atoms with E-state index in [0.717, 1.165) is 31.0 Å². The van der Waals surface area contributed by atoms with Crippen LogP contribution in [0.1, 0.15) is 25.7 Å². The van der Waals surface area contributed by atoms with Gasteiger partial charge in [-0.2, -0.15) is 17.0 Å². The fourth-order valence-corrected chi connectivity index (χ4v) is 4.70. The fourth-order valence-electron chi connectivity index (χ4n) is 2.39. The SMILES string of the molecule is O=S(=O)(N1CCCCC1)N1CCC(CBr)C1. The van der Waals surface area contributed by atoms with Gasteiger partial charge in [-0.3, -0.25) is 0 Å². The first kappa shape index (κ1) is 12.8. The van der Waals surface area contributed by atoms with E-state index in [1.54, 1.807) is 8.61 Å². The summed E-state index contributed by atoms with van der Waals surface area (Å²) in [4.78, 5) is 0. The van der Waals surface area contributed by atoms with Crippen LogP contribution in [0.4, 0.5) is 0 Å². The monoisotopic (exact) mass is 310 g/mol. The summed E-state index contributed by atoms with van der Waals surface area (Å²) in [6.07, 6.45) is 4.16. The summed E-state index contributed by atoms with van der Waals surface area (Å²) in [5, 5.41) is 0.902. The lowest BCUT2D eigenvalue weighted by Crippen LogP contribution is -2.45. The number of piperidine rings is 1. The van der Waals surface area contributed by atoms with E-state index in [-0.39, 0.29) is 0 Å². The molecule has 0 radical (unpaired) electrons. The number of alkyl halides is 1. The number of hydrogen-bond acceptors (Lipinski definition) is 2. The van der Waals surface area contributed by atoms with Crippen LogP contribution in [0.25, 0.3) is 0 Å². The van der Waals surface area contributed by atoms with Gasteiger partial charge in [0.1, 0.15) is 0 Å². The van der Waals surface area contributed by atoms with E-state index >= 15 is 0 Å². The molecule has 0 aliphatic carbocycles. The first-order chi connectivity index (χ1) is 7.64. The molecule has 0 aromatic heterocycles. The number of nitrogens with zero attached hydrogens (tertiary/aromatic N) is 2. The van der Waals surface area contributed by atoms with Crippen molar-refractivity contribution in [2.45, 2.75) is 25.7 Å². The summed E-state index contributed by atoms with van der Waals surface area (Å²) in [5.74, 6) is 0.486. The van der Waals surface area contributed by atoms with Crippen LogP contribution in [-0.2, 0) is 10.2 Å². The molecule has 0 amide bonds. The van der Waals surface area contributed by atoms with Crippen LogP contribution in [0.5, 0.6) is 0 Å². The molecule has 2 saturated heterocycles. The Hall–Kier alpha value is 0.350. The Morgan fingerprint density at radius 1 is 1.06 bits per heavy atom. The molecule has 1 atom stereocenters. The predicted molar refractivity (Wildman–Crippen MR) is 67.8 cm³/mol. The Balaban J connectivity index is 2.01. The van der Waals surface area contributed by atoms with Crippen LogP contribution in [0.3, 0.4) is 0 Å². The molecule has 1 unspecified atom stereocenters. The molecule has 16 heavy (non-hydrogen) atoms. The van der Waals surface area contributed by atoms with Gasteiger partial charge >= 0.3 is 0 Å². The van der Waals surface area contributed by atoms with Gasteiger partial charge in [-0.25, -0.2) is 0 Å². The molecule has 4 nitrogen and oxygen atoms in total. The molecule has 2 aliphatic heterocycles. The quantitative estimate of drug-likeness (QED) is 0.740. The lowest BCUT2D eigenvalue weighted by Gasteiger charge is -2.30. The first-order valence-corrected chi connectivity index (χ1v) is 8.47. The van der Waals surface area contributed by atoms with E-state index in [1.807, 2.05) is 0 Å². The van der Waals surface area contributed by atoms with Crippen molar-refractivity contribution in [1.82, 2.24) is 8.61 Å². The van der Waals surface area contributed by atoms with E-state index in [9.17, 15) is 8.42 Å². The van der Waals surface area contributed by atoms with E-state index in [2.05, 4.69) is 15.9 Å². The Kier molecular flexibility index (Phi) is 4.26. The van der Waals surface area contributed by atoms with Gasteiger partial charge in [0, 0.05) is 31.5 Å². The molecule has 0 N–H and O–H groups in total. The van der Waals surface area contributed by atoms with Gasteiger partial charge in [0.05, 0.1) is 0 Å². The molecule has 0 saturated carbocycles. The van der Waals surface area contributed by atoms with Crippen molar-refractivity contribution in [1.29, 1.82) is 0 Å². The van der Waals surface area contributed by atoms with Crippen LogP contribution in [0, 0.1) is 5.92 Å². The lowest BCUT2D eigenvalue weighted by molar-refractivity contribution is 0.314. The highest BCUT2D eigenvalue weighted by molar-refractivity contribution is 9.09. The van der Waals surface area contributed by atoms with Crippen molar-refractivity contribution >= 4 is 26.1 Å². The molecule has 0 spiro atoms. The summed E-state index contributed by atoms with van der Waals surface area (Å²) < 4.78 is 27.9. The molecule has 94 valence electrons. The molecule has 0 aromatic rings. The number of hydrogen-bond donors (Lipinski definition) is 0. The molecule has 6 heteroatoms. The number of rotatable bonds is 3. The molecular formula is C10H19BrN2O2S. The highest BCUT2D eigenvalue weighted by atomic mass is 79.9. The van der Waals surface area contributed by atoms with Gasteiger partial charge in [0.2, 0.25) is 0 Å². The summed E-state index contributed by atoms with van der Waals surface area (Å²) in [7, 11) is -3.16. The highest BCUT2D eigenvalue weighted by Crippen LogP contribution is 2.24. The summed E-state index contributed by atoms with van der Waals surface area (Å²) in [5.41, 5.74) is 0. The van der Waals surface area contributed by atoms with Gasteiger partial charge in [-0.05, 0) is 25.2 Å². The maximum Gasteiger partial charge on any atom is 0.281 e. The second-order valence-corrected chi connectivity index (χ2v) is 7.21.